The molecule has 1 aromatic carbocycles. The first-order valence-corrected chi connectivity index (χ1v) is 14.8. The molecule has 0 radical (unpaired) electrons. The summed E-state index contributed by atoms with van der Waals surface area (Å²) < 4.78 is 12.8. The third kappa shape index (κ3) is 4.76. The Balaban J connectivity index is 1.80. The molecule has 0 aliphatic carbocycles. The van der Waals surface area contributed by atoms with E-state index in [0.717, 1.165) is 19.0 Å². The van der Waals surface area contributed by atoms with Crippen molar-refractivity contribution in [1.82, 2.24) is 0 Å². The summed E-state index contributed by atoms with van der Waals surface area (Å²) in [7, 11) is -2.84. The fourth-order valence-electron chi connectivity index (χ4n) is 4.28. The Labute approximate surface area is 155 Å². The van der Waals surface area contributed by atoms with E-state index in [0.29, 0.717) is 0 Å². The first-order chi connectivity index (χ1) is 11.8. The van der Waals surface area contributed by atoms with Crippen molar-refractivity contribution in [2.24, 2.45) is 0 Å². The highest BCUT2D eigenvalue weighted by Crippen LogP contribution is 2.29. The van der Waals surface area contributed by atoms with Gasteiger partial charge in [0.25, 0.3) is 0 Å². The average Bonchev–Trinajstić information content (AvgIpc) is 2.64. The Morgan fingerprint density at radius 3 is 2.67 bits per heavy atom. The molecule has 0 amide bonds. The lowest BCUT2D eigenvalue weighted by Gasteiger charge is -2.37. The van der Waals surface area contributed by atoms with E-state index in [-0.39, 0.29) is 0 Å². The number of benzene rings is 1. The predicted molar refractivity (Wildman–Crippen MR) is 111 cm³/mol. The SMILES string of the molecule is SCCCC[Si]1(c2ccccc2C[SiH]2CCCCO2)CCCCO1. The van der Waals surface area contributed by atoms with Gasteiger partial charge in [-0.05, 0) is 59.9 Å². The first kappa shape index (κ1) is 18.7. The zero-order chi connectivity index (χ0) is 16.7. The highest BCUT2D eigenvalue weighted by molar-refractivity contribution is 7.80. The van der Waals surface area contributed by atoms with Crippen LogP contribution in [0, 0.1) is 0 Å². The van der Waals surface area contributed by atoms with Crippen molar-refractivity contribution >= 4 is 35.2 Å². The van der Waals surface area contributed by atoms with Crippen LogP contribution in [0.3, 0.4) is 0 Å². The van der Waals surface area contributed by atoms with Gasteiger partial charge >= 0.3 is 0 Å². The van der Waals surface area contributed by atoms with Gasteiger partial charge in [-0.3, -0.25) is 0 Å². The van der Waals surface area contributed by atoms with Gasteiger partial charge in [-0.25, -0.2) is 0 Å². The lowest BCUT2D eigenvalue weighted by Crippen LogP contribution is -2.54. The van der Waals surface area contributed by atoms with Crippen LogP contribution in [0.4, 0.5) is 0 Å². The summed E-state index contributed by atoms with van der Waals surface area (Å²) in [6.07, 6.45) is 7.70. The van der Waals surface area contributed by atoms with Gasteiger partial charge in [-0.1, -0.05) is 43.5 Å². The van der Waals surface area contributed by atoms with Crippen LogP contribution in [0.25, 0.3) is 0 Å². The summed E-state index contributed by atoms with van der Waals surface area (Å²) in [5.74, 6) is 0.995. The van der Waals surface area contributed by atoms with Crippen LogP contribution in [-0.2, 0) is 14.9 Å². The minimum atomic E-state index is -1.79. The summed E-state index contributed by atoms with van der Waals surface area (Å²) in [5.41, 5.74) is 1.57. The normalized spacial score (nSPS) is 28.0. The van der Waals surface area contributed by atoms with Crippen LogP contribution in [0.15, 0.2) is 24.3 Å². The van der Waals surface area contributed by atoms with Gasteiger partial charge in [0.1, 0.15) is 0 Å². The highest BCUT2D eigenvalue weighted by atomic mass is 32.1. The molecule has 5 heteroatoms. The van der Waals surface area contributed by atoms with Crippen molar-refractivity contribution in [3.63, 3.8) is 0 Å². The second-order valence-electron chi connectivity index (χ2n) is 7.33. The summed E-state index contributed by atoms with van der Waals surface area (Å²) in [6, 6.07) is 14.4. The van der Waals surface area contributed by atoms with E-state index in [4.69, 9.17) is 8.85 Å². The fraction of sp³-hybridized carbons (Fsp3) is 0.684. The van der Waals surface area contributed by atoms with Gasteiger partial charge in [0, 0.05) is 13.2 Å². The Bertz CT molecular complexity index is 500. The molecule has 2 nitrogen and oxygen atoms in total. The molecule has 1 aromatic rings. The van der Waals surface area contributed by atoms with Crippen LogP contribution >= 0.6 is 12.6 Å². The average molecular weight is 381 g/mol. The smallest absolute Gasteiger partial charge is 0.224 e. The van der Waals surface area contributed by atoms with Crippen molar-refractivity contribution in [1.29, 1.82) is 0 Å². The van der Waals surface area contributed by atoms with Crippen LogP contribution in [-0.4, -0.2) is 36.3 Å². The molecular formula is C19H32O2SSi2. The number of hydrogen-bond acceptors (Lipinski definition) is 3. The van der Waals surface area contributed by atoms with Crippen LogP contribution in [0.1, 0.15) is 44.1 Å². The van der Waals surface area contributed by atoms with E-state index in [9.17, 15) is 0 Å². The zero-order valence-corrected chi connectivity index (χ0v) is 17.9. The maximum absolute atomic E-state index is 6.62. The standard InChI is InChI=1S/C19H32O2SSi2/c22-13-5-8-16-24(15-7-4-12-21-24)19-10-2-1-9-18(19)17-23-14-6-3-11-20-23/h1-2,9-10,22-23H,3-8,11-17H2. The van der Waals surface area contributed by atoms with E-state index in [2.05, 4.69) is 36.9 Å². The molecule has 2 unspecified atom stereocenters. The third-order valence-corrected chi connectivity index (χ3v) is 13.1. The van der Waals surface area contributed by atoms with E-state index in [1.165, 1.54) is 62.7 Å². The fourth-order valence-corrected chi connectivity index (χ4v) is 11.9. The van der Waals surface area contributed by atoms with Gasteiger partial charge in [0.05, 0.1) is 0 Å². The quantitative estimate of drug-likeness (QED) is 0.438. The van der Waals surface area contributed by atoms with Gasteiger partial charge in [0.15, 0.2) is 9.04 Å². The molecule has 2 aliphatic rings. The zero-order valence-electron chi connectivity index (χ0n) is 14.8. The van der Waals surface area contributed by atoms with Crippen molar-refractivity contribution in [3.8, 4) is 0 Å². The van der Waals surface area contributed by atoms with E-state index < -0.39 is 17.4 Å². The summed E-state index contributed by atoms with van der Waals surface area (Å²) >= 11 is 4.40. The Kier molecular flexibility index (Phi) is 7.46. The molecule has 0 saturated carbocycles. The molecule has 2 fully saturated rings. The third-order valence-electron chi connectivity index (χ3n) is 5.57. The molecule has 0 spiro atoms. The van der Waals surface area contributed by atoms with Gasteiger partial charge in [-0.2, -0.15) is 12.6 Å². The molecule has 134 valence electrons. The largest absolute Gasteiger partial charge is 0.420 e. The molecule has 3 rings (SSSR count). The topological polar surface area (TPSA) is 18.5 Å². The summed E-state index contributed by atoms with van der Waals surface area (Å²) in [4.78, 5) is 0. The van der Waals surface area contributed by atoms with Gasteiger partial charge in [-0.15, -0.1) is 0 Å². The second-order valence-corrected chi connectivity index (χ2v) is 14.2. The maximum Gasteiger partial charge on any atom is 0.224 e. The van der Waals surface area contributed by atoms with Crippen LogP contribution in [0.2, 0.25) is 18.1 Å². The molecule has 2 atom stereocenters. The molecule has 2 heterocycles. The number of thiol groups is 1. The second kappa shape index (κ2) is 9.57. The van der Waals surface area contributed by atoms with Crippen molar-refractivity contribution in [2.45, 2.75) is 62.7 Å². The highest BCUT2D eigenvalue weighted by Gasteiger charge is 2.40. The van der Waals surface area contributed by atoms with Gasteiger partial charge < -0.3 is 8.85 Å². The van der Waals surface area contributed by atoms with E-state index in [1.54, 1.807) is 10.8 Å². The summed E-state index contributed by atoms with van der Waals surface area (Å²) in [6.45, 7) is 1.97. The number of hydrogen-bond donors (Lipinski definition) is 1. The molecule has 0 aromatic heterocycles. The minimum Gasteiger partial charge on any atom is -0.420 e. The van der Waals surface area contributed by atoms with Crippen LogP contribution < -0.4 is 5.19 Å². The van der Waals surface area contributed by atoms with Gasteiger partial charge in [0.2, 0.25) is 8.32 Å². The number of unbranched alkanes of at least 4 members (excludes halogenated alkanes) is 1. The first-order valence-electron chi connectivity index (χ1n) is 9.79. The molecule has 2 aliphatic heterocycles. The molecular weight excluding hydrogens is 348 g/mol. The van der Waals surface area contributed by atoms with Crippen molar-refractivity contribution in [3.05, 3.63) is 29.8 Å². The lowest BCUT2D eigenvalue weighted by atomic mass is 10.2. The monoisotopic (exact) mass is 380 g/mol. The molecule has 24 heavy (non-hydrogen) atoms. The van der Waals surface area contributed by atoms with Crippen molar-refractivity contribution in [2.75, 3.05) is 19.0 Å². The Hall–Kier alpha value is -0.0762. The van der Waals surface area contributed by atoms with Crippen LogP contribution in [0.5, 0.6) is 0 Å². The predicted octanol–water partition coefficient (Wildman–Crippen LogP) is 3.98. The molecule has 0 N–H and O–H groups in total. The molecule has 2 saturated heterocycles. The van der Waals surface area contributed by atoms with E-state index >= 15 is 0 Å². The Morgan fingerprint density at radius 2 is 1.92 bits per heavy atom. The maximum atomic E-state index is 6.62. The van der Waals surface area contributed by atoms with E-state index in [1.807, 2.05) is 0 Å². The van der Waals surface area contributed by atoms with Crippen molar-refractivity contribution < 1.29 is 8.85 Å². The summed E-state index contributed by atoms with van der Waals surface area (Å²) in [5, 5.41) is 1.60. The molecule has 0 bridgehead atoms. The Morgan fingerprint density at radius 1 is 1.04 bits per heavy atom. The number of rotatable bonds is 7. The lowest BCUT2D eigenvalue weighted by molar-refractivity contribution is 0.273. The minimum absolute atomic E-state index is 0.971.